The van der Waals surface area contributed by atoms with Crippen LogP contribution in [0.25, 0.3) is 11.4 Å². The van der Waals surface area contributed by atoms with E-state index in [-0.39, 0.29) is 6.54 Å². The van der Waals surface area contributed by atoms with Gasteiger partial charge < -0.3 is 15.6 Å². The number of hydrogen-bond donors (Lipinski definition) is 2. The van der Waals surface area contributed by atoms with Crippen molar-refractivity contribution in [3.63, 3.8) is 0 Å². The maximum Gasteiger partial charge on any atom is 0.250 e. The van der Waals surface area contributed by atoms with Gasteiger partial charge in [-0.05, 0) is 38.1 Å². The molecule has 31 heavy (non-hydrogen) atoms. The highest BCUT2D eigenvalue weighted by Gasteiger charge is 2.20. The summed E-state index contributed by atoms with van der Waals surface area (Å²) < 4.78 is 29.3. The Hall–Kier alpha value is -3.52. The van der Waals surface area contributed by atoms with E-state index in [0.717, 1.165) is 17.3 Å². The molecule has 4 rings (SSSR count). The average molecular weight is 439 g/mol. The molecule has 0 spiro atoms. The van der Waals surface area contributed by atoms with Crippen molar-refractivity contribution in [1.82, 2.24) is 9.55 Å². The van der Waals surface area contributed by atoms with E-state index in [1.807, 2.05) is 36.6 Å². The Balaban J connectivity index is 1.70. The van der Waals surface area contributed by atoms with Crippen LogP contribution >= 0.6 is 11.3 Å². The second-order valence-corrected chi connectivity index (χ2v) is 8.10. The highest BCUT2D eigenvalue weighted by Crippen LogP contribution is 2.31. The van der Waals surface area contributed by atoms with Crippen LogP contribution < -0.4 is 11.1 Å². The number of hydrogen-bond acceptors (Lipinski definition) is 4. The minimum atomic E-state index is -0.653. The van der Waals surface area contributed by atoms with Crippen molar-refractivity contribution in [2.45, 2.75) is 20.4 Å². The summed E-state index contributed by atoms with van der Waals surface area (Å²) in [6, 6.07) is 13.0. The molecule has 0 fully saturated rings. The Kier molecular flexibility index (Phi) is 5.56. The summed E-state index contributed by atoms with van der Waals surface area (Å²) in [7, 11) is 0. The number of amides is 1. The minimum absolute atomic E-state index is 0.110. The van der Waals surface area contributed by atoms with Crippen molar-refractivity contribution >= 4 is 28.1 Å². The number of primary amides is 1. The highest BCUT2D eigenvalue weighted by molar-refractivity contribution is 7.14. The molecule has 0 radical (unpaired) electrons. The molecule has 1 amide bonds. The van der Waals surface area contributed by atoms with E-state index in [4.69, 9.17) is 5.73 Å². The molecule has 4 aromatic rings. The fourth-order valence-corrected chi connectivity index (χ4v) is 4.06. The number of thiazole rings is 1. The first-order valence-electron chi connectivity index (χ1n) is 9.55. The summed E-state index contributed by atoms with van der Waals surface area (Å²) in [6.07, 6.45) is 0. The molecular weight excluding hydrogens is 418 g/mol. The first-order valence-corrected chi connectivity index (χ1v) is 10.4. The van der Waals surface area contributed by atoms with Crippen LogP contribution in [-0.4, -0.2) is 15.5 Å². The predicted molar refractivity (Wildman–Crippen MR) is 119 cm³/mol. The number of nitrogens with zero attached hydrogens (tertiary/aromatic N) is 2. The number of halogens is 2. The summed E-state index contributed by atoms with van der Waals surface area (Å²) in [5, 5.41) is 5.79. The molecule has 0 aliphatic rings. The van der Waals surface area contributed by atoms with Crippen molar-refractivity contribution in [3.05, 3.63) is 87.9 Å². The fraction of sp³-hybridized carbons (Fsp3) is 0.130. The Morgan fingerprint density at radius 3 is 2.55 bits per heavy atom. The molecule has 0 atom stereocenters. The monoisotopic (exact) mass is 438 g/mol. The molecule has 3 N–H and O–H groups in total. The largest absolute Gasteiger partial charge is 0.366 e. The highest BCUT2D eigenvalue weighted by atomic mass is 32.1. The molecule has 5 nitrogen and oxygen atoms in total. The van der Waals surface area contributed by atoms with Crippen molar-refractivity contribution in [2.75, 3.05) is 5.32 Å². The predicted octanol–water partition coefficient (Wildman–Crippen LogP) is 5.40. The van der Waals surface area contributed by atoms with Crippen molar-refractivity contribution in [3.8, 4) is 11.4 Å². The Morgan fingerprint density at radius 1 is 1.13 bits per heavy atom. The molecule has 158 valence electrons. The van der Waals surface area contributed by atoms with Gasteiger partial charge in [-0.3, -0.25) is 4.79 Å². The molecule has 0 unspecified atom stereocenters. The van der Waals surface area contributed by atoms with Crippen molar-refractivity contribution in [2.24, 2.45) is 5.73 Å². The van der Waals surface area contributed by atoms with E-state index in [2.05, 4.69) is 10.3 Å². The smallest absolute Gasteiger partial charge is 0.250 e. The lowest BCUT2D eigenvalue weighted by Crippen LogP contribution is -2.13. The van der Waals surface area contributed by atoms with Crippen LogP contribution in [0.2, 0.25) is 0 Å². The number of benzene rings is 2. The SMILES string of the molecule is Cc1ccc(Nc2nc(-c3cc(C(N)=O)c(C)n3Cc3ccc(F)cc3F)cs2)cc1. The number of nitrogens with one attached hydrogen (secondary N) is 1. The lowest BCUT2D eigenvalue weighted by molar-refractivity contribution is 0.0999. The van der Waals surface area contributed by atoms with E-state index in [9.17, 15) is 13.6 Å². The van der Waals surface area contributed by atoms with Crippen LogP contribution in [0.5, 0.6) is 0 Å². The van der Waals surface area contributed by atoms with Gasteiger partial charge in [0.05, 0.1) is 23.5 Å². The topological polar surface area (TPSA) is 72.9 Å². The number of anilines is 2. The van der Waals surface area contributed by atoms with Crippen LogP contribution in [0.4, 0.5) is 19.6 Å². The summed E-state index contributed by atoms with van der Waals surface area (Å²) >= 11 is 1.41. The Morgan fingerprint density at radius 2 is 1.87 bits per heavy atom. The third-order valence-corrected chi connectivity index (χ3v) is 5.80. The van der Waals surface area contributed by atoms with Crippen LogP contribution in [0.3, 0.4) is 0 Å². The number of carbonyl (C=O) groups is 1. The standard InChI is InChI=1S/C23H20F2N4OS/c1-13-3-7-17(8-4-13)27-23-28-20(12-31-23)21-10-18(22(26)30)14(2)29(21)11-15-5-6-16(24)9-19(15)25/h3-10,12H,11H2,1-2H3,(H2,26,30)(H,27,28). The van der Waals surface area contributed by atoms with Gasteiger partial charge in [0.1, 0.15) is 11.6 Å². The molecule has 0 saturated heterocycles. The summed E-state index contributed by atoms with van der Waals surface area (Å²) in [5.74, 6) is -1.88. The minimum Gasteiger partial charge on any atom is -0.366 e. The quantitative estimate of drug-likeness (QED) is 0.423. The van der Waals surface area contributed by atoms with Crippen molar-refractivity contribution < 1.29 is 13.6 Å². The fourth-order valence-electron chi connectivity index (χ4n) is 3.34. The second-order valence-electron chi connectivity index (χ2n) is 7.24. The average Bonchev–Trinajstić information content (AvgIpc) is 3.30. The van der Waals surface area contributed by atoms with Gasteiger partial charge in [-0.25, -0.2) is 13.8 Å². The molecular formula is C23H20F2N4OS. The van der Waals surface area contributed by atoms with Gasteiger partial charge >= 0.3 is 0 Å². The normalized spacial score (nSPS) is 11.0. The molecule has 8 heteroatoms. The molecule has 0 aliphatic carbocycles. The third-order valence-electron chi connectivity index (χ3n) is 5.04. The number of aryl methyl sites for hydroxylation is 1. The number of carbonyl (C=O) groups excluding carboxylic acids is 1. The first kappa shape index (κ1) is 20.7. The maximum absolute atomic E-state index is 14.3. The van der Waals surface area contributed by atoms with Crippen LogP contribution in [0, 0.1) is 25.5 Å². The zero-order valence-corrected chi connectivity index (χ0v) is 17.8. The Labute approximate surface area is 182 Å². The van der Waals surface area contributed by atoms with Gasteiger partial charge in [-0.2, -0.15) is 0 Å². The third kappa shape index (κ3) is 4.34. The molecule has 2 aromatic heterocycles. The lowest BCUT2D eigenvalue weighted by Gasteiger charge is -2.12. The van der Waals surface area contributed by atoms with E-state index in [0.29, 0.717) is 33.3 Å². The summed E-state index contributed by atoms with van der Waals surface area (Å²) in [4.78, 5) is 16.5. The van der Waals surface area contributed by atoms with Gasteiger partial charge in [0.2, 0.25) is 0 Å². The van der Waals surface area contributed by atoms with E-state index in [1.54, 1.807) is 17.6 Å². The number of nitrogens with two attached hydrogens (primary N) is 1. The van der Waals surface area contributed by atoms with Crippen LogP contribution in [-0.2, 0) is 6.54 Å². The zero-order chi connectivity index (χ0) is 22.1. The summed E-state index contributed by atoms with van der Waals surface area (Å²) in [6.45, 7) is 3.86. The number of rotatable bonds is 6. The first-order chi connectivity index (χ1) is 14.8. The second kappa shape index (κ2) is 8.31. The molecule has 0 aliphatic heterocycles. The van der Waals surface area contributed by atoms with E-state index in [1.165, 1.54) is 23.5 Å². The van der Waals surface area contributed by atoms with E-state index >= 15 is 0 Å². The lowest BCUT2D eigenvalue weighted by atomic mass is 10.2. The van der Waals surface area contributed by atoms with Crippen molar-refractivity contribution in [1.29, 1.82) is 0 Å². The molecule has 2 heterocycles. The van der Waals surface area contributed by atoms with E-state index < -0.39 is 17.5 Å². The summed E-state index contributed by atoms with van der Waals surface area (Å²) in [5.41, 5.74) is 10.1. The molecule has 2 aromatic carbocycles. The number of aromatic nitrogens is 2. The van der Waals surface area contributed by atoms with Gasteiger partial charge in [-0.15, -0.1) is 11.3 Å². The maximum atomic E-state index is 14.3. The van der Waals surface area contributed by atoms with Gasteiger partial charge in [0, 0.05) is 28.4 Å². The Bertz CT molecular complexity index is 1260. The van der Waals surface area contributed by atoms with Gasteiger partial charge in [0.15, 0.2) is 5.13 Å². The zero-order valence-electron chi connectivity index (χ0n) is 16.9. The van der Waals surface area contributed by atoms with Gasteiger partial charge in [-0.1, -0.05) is 23.8 Å². The van der Waals surface area contributed by atoms with Crippen LogP contribution in [0.1, 0.15) is 27.2 Å². The molecule has 0 bridgehead atoms. The van der Waals surface area contributed by atoms with Gasteiger partial charge in [0.25, 0.3) is 5.91 Å². The molecule has 0 saturated carbocycles. The van der Waals surface area contributed by atoms with Crippen LogP contribution in [0.15, 0.2) is 53.9 Å².